The van der Waals surface area contributed by atoms with Crippen molar-refractivity contribution in [2.24, 2.45) is 11.3 Å². The summed E-state index contributed by atoms with van der Waals surface area (Å²) < 4.78 is 54.5. The second-order valence-electron chi connectivity index (χ2n) is 19.8. The molecule has 2 aliphatic carbocycles. The van der Waals surface area contributed by atoms with Crippen LogP contribution in [0.15, 0.2) is 84.0 Å². The quantitative estimate of drug-likeness (QED) is 0.0844. The van der Waals surface area contributed by atoms with Crippen LogP contribution in [-0.2, 0) is 14.8 Å². The normalized spacial score (nSPS) is 24.4. The zero-order chi connectivity index (χ0) is 46.7. The van der Waals surface area contributed by atoms with Crippen molar-refractivity contribution in [3.63, 3.8) is 0 Å². The van der Waals surface area contributed by atoms with Gasteiger partial charge in [0.1, 0.15) is 29.9 Å². The first-order valence-corrected chi connectivity index (χ1v) is 25.0. The van der Waals surface area contributed by atoms with Crippen molar-refractivity contribution in [1.82, 2.24) is 19.6 Å². The van der Waals surface area contributed by atoms with E-state index in [0.717, 1.165) is 75.1 Å². The van der Waals surface area contributed by atoms with E-state index in [1.54, 1.807) is 37.4 Å². The number of benzene rings is 3. The molecule has 16 nitrogen and oxygen atoms in total. The number of aliphatic hydroxyl groups is 1. The fourth-order valence-corrected chi connectivity index (χ4v) is 12.1. The van der Waals surface area contributed by atoms with E-state index in [1.165, 1.54) is 17.3 Å². The molecule has 0 unspecified atom stereocenters. The van der Waals surface area contributed by atoms with Crippen LogP contribution in [0.25, 0.3) is 11.0 Å². The maximum atomic E-state index is 14.1. The Morgan fingerprint density at radius 1 is 1.01 bits per heavy atom. The highest BCUT2D eigenvalue weighted by atomic mass is 32.2. The molecular formula is C50H58N6O10S. The molecule has 0 radical (unpaired) electrons. The van der Waals surface area contributed by atoms with Crippen molar-refractivity contribution in [1.29, 1.82) is 0 Å². The van der Waals surface area contributed by atoms with Crippen LogP contribution in [-0.4, -0.2) is 96.4 Å². The molecule has 5 heterocycles. The number of hydrogen-bond donors (Lipinski definition) is 3. The molecule has 67 heavy (non-hydrogen) atoms. The van der Waals surface area contributed by atoms with Gasteiger partial charge in [-0.1, -0.05) is 38.1 Å². The summed E-state index contributed by atoms with van der Waals surface area (Å²) in [6.45, 7) is 10.3. The number of nitrogens with zero attached hydrogens (tertiary/aromatic N) is 4. The van der Waals surface area contributed by atoms with E-state index in [-0.39, 0.29) is 46.8 Å². The molecule has 354 valence electrons. The van der Waals surface area contributed by atoms with Gasteiger partial charge in [-0.25, -0.2) is 18.1 Å². The zero-order valence-electron chi connectivity index (χ0n) is 38.1. The van der Waals surface area contributed by atoms with Gasteiger partial charge in [-0.2, -0.15) is 0 Å². The summed E-state index contributed by atoms with van der Waals surface area (Å²) in [4.78, 5) is 37.7. The topological polar surface area (TPSA) is 199 Å². The van der Waals surface area contributed by atoms with Crippen LogP contribution in [0.1, 0.15) is 106 Å². The van der Waals surface area contributed by atoms with E-state index in [9.17, 15) is 28.4 Å². The van der Waals surface area contributed by atoms with Crippen LogP contribution in [0, 0.1) is 21.4 Å². The monoisotopic (exact) mass is 934 g/mol. The molecule has 0 bridgehead atoms. The van der Waals surface area contributed by atoms with E-state index in [0.29, 0.717) is 55.6 Å². The molecule has 2 atom stereocenters. The molecule has 5 aliphatic rings. The minimum absolute atomic E-state index is 0.00542. The number of hydrogen-bond acceptors (Lipinski definition) is 13. The maximum absolute atomic E-state index is 14.1. The van der Waals surface area contributed by atoms with Gasteiger partial charge >= 0.3 is 5.69 Å². The second kappa shape index (κ2) is 17.7. The van der Waals surface area contributed by atoms with Crippen LogP contribution in [0.2, 0.25) is 0 Å². The molecule has 4 fully saturated rings. The number of pyridine rings is 1. The van der Waals surface area contributed by atoms with Gasteiger partial charge in [-0.15, -0.1) is 0 Å². The molecule has 10 rings (SSSR count). The SMILES string of the molecule is CC(C)c1ccccc1[C@@H]1COCCN1C1CC2(CCN(c3ccc(C(=O)NS(=O)(=O)c4cc5c(c([N+](=O)[O-])c4)O[C@H]([C@H]4CC[C@](C)(O)CC4)CO5)c(Oc4cnc5[nH]ccc5c4)c3)CC2)C1. The number of ether oxygens (including phenoxy) is 4. The Labute approximate surface area is 390 Å². The third kappa shape index (κ3) is 9.06. The Morgan fingerprint density at radius 2 is 1.79 bits per heavy atom. The van der Waals surface area contributed by atoms with E-state index >= 15 is 0 Å². The Morgan fingerprint density at radius 3 is 2.55 bits per heavy atom. The van der Waals surface area contributed by atoms with Crippen LogP contribution in [0.3, 0.4) is 0 Å². The highest BCUT2D eigenvalue weighted by molar-refractivity contribution is 7.90. The molecule has 5 aromatic rings. The number of nitro benzene ring substituents is 1. The van der Waals surface area contributed by atoms with Gasteiger partial charge < -0.3 is 33.9 Å². The minimum Gasteiger partial charge on any atom is -0.485 e. The van der Waals surface area contributed by atoms with Crippen LogP contribution < -0.4 is 23.8 Å². The van der Waals surface area contributed by atoms with E-state index in [4.69, 9.17) is 18.9 Å². The smallest absolute Gasteiger partial charge is 0.316 e. The van der Waals surface area contributed by atoms with Crippen molar-refractivity contribution < 1.29 is 42.2 Å². The number of fused-ring (bicyclic) bond motifs is 2. The summed E-state index contributed by atoms with van der Waals surface area (Å²) in [5.74, 6) is -0.379. The summed E-state index contributed by atoms with van der Waals surface area (Å²) in [6, 6.07) is 20.3. The Hall–Kier alpha value is -5.75. The molecule has 2 saturated carbocycles. The van der Waals surface area contributed by atoms with Gasteiger partial charge in [-0.3, -0.25) is 19.8 Å². The Kier molecular flexibility index (Phi) is 11.9. The highest BCUT2D eigenvalue weighted by Crippen LogP contribution is 2.53. The van der Waals surface area contributed by atoms with Gasteiger partial charge in [0.05, 0.1) is 46.4 Å². The molecule has 1 spiro atoms. The number of anilines is 1. The first kappa shape index (κ1) is 45.1. The lowest BCUT2D eigenvalue weighted by Gasteiger charge is -2.57. The molecule has 2 saturated heterocycles. The lowest BCUT2D eigenvalue weighted by atomic mass is 9.59. The number of piperidine rings is 1. The standard InChI is InChI=1S/C50H58N6O10S/c1-31(2)38-6-4-5-7-39(38)42-29-63-21-20-55(42)35-26-50(27-35)15-18-54(19-16-50)34-8-9-40(43(23-34)65-36-22-33-12-17-51-47(33)52-28-36)48(57)53-67(61,62)37-24-41(56(59)60)46-44(25-37)64-30-45(66-46)32-10-13-49(3,58)14-11-32/h4-9,12,17,22-25,28,31-32,35,42,45,58H,10-11,13-16,18-21,26-27,29-30H2,1-3H3,(H,51,52)(H,53,57)/t32-,42-,45-,49-/m0/s1. The number of aromatic amines is 1. The van der Waals surface area contributed by atoms with Gasteiger partial charge in [0.15, 0.2) is 5.75 Å². The van der Waals surface area contributed by atoms with Gasteiger partial charge in [0, 0.05) is 61.1 Å². The summed E-state index contributed by atoms with van der Waals surface area (Å²) in [7, 11) is -4.69. The van der Waals surface area contributed by atoms with Gasteiger partial charge in [0.25, 0.3) is 15.9 Å². The van der Waals surface area contributed by atoms with Crippen LogP contribution >= 0.6 is 0 Å². The fourth-order valence-electron chi connectivity index (χ4n) is 11.1. The summed E-state index contributed by atoms with van der Waals surface area (Å²) in [5, 5.41) is 23.6. The Balaban J connectivity index is 0.856. The lowest BCUT2D eigenvalue weighted by Crippen LogP contribution is -2.58. The van der Waals surface area contributed by atoms with Crippen molar-refractivity contribution in [2.75, 3.05) is 44.4 Å². The highest BCUT2D eigenvalue weighted by Gasteiger charge is 2.50. The molecule has 17 heteroatoms. The van der Waals surface area contributed by atoms with Crippen molar-refractivity contribution in [3.05, 3.63) is 106 Å². The zero-order valence-corrected chi connectivity index (χ0v) is 38.9. The number of rotatable bonds is 11. The predicted octanol–water partition coefficient (Wildman–Crippen LogP) is 8.41. The summed E-state index contributed by atoms with van der Waals surface area (Å²) in [5.41, 5.74) is 3.05. The summed E-state index contributed by atoms with van der Waals surface area (Å²) in [6.07, 6.45) is 9.48. The number of carbonyl (C=O) groups is 1. The number of carbonyl (C=O) groups excluding carboxylic acids is 1. The number of nitro groups is 1. The number of H-pyrrole nitrogens is 1. The van der Waals surface area contributed by atoms with Crippen molar-refractivity contribution in [2.45, 2.75) is 107 Å². The number of aromatic nitrogens is 2. The van der Waals surface area contributed by atoms with E-state index in [2.05, 4.69) is 62.6 Å². The third-order valence-corrected chi connectivity index (χ3v) is 16.3. The molecular weight excluding hydrogens is 877 g/mol. The van der Waals surface area contributed by atoms with E-state index < -0.39 is 43.1 Å². The fraction of sp³-hybridized carbons (Fsp3) is 0.480. The molecule has 3 N–H and O–H groups in total. The largest absolute Gasteiger partial charge is 0.485 e. The number of sulfonamides is 1. The minimum atomic E-state index is -4.69. The second-order valence-corrected chi connectivity index (χ2v) is 21.5. The van der Waals surface area contributed by atoms with Gasteiger partial charge in [0.2, 0.25) is 5.75 Å². The van der Waals surface area contributed by atoms with Crippen molar-refractivity contribution in [3.8, 4) is 23.0 Å². The van der Waals surface area contributed by atoms with Crippen molar-refractivity contribution >= 4 is 38.3 Å². The number of amides is 1. The average Bonchev–Trinajstić information content (AvgIpc) is 3.78. The van der Waals surface area contributed by atoms with E-state index in [1.807, 2.05) is 6.07 Å². The predicted molar refractivity (Wildman–Crippen MR) is 251 cm³/mol. The lowest BCUT2D eigenvalue weighted by molar-refractivity contribution is -0.386. The molecule has 3 aromatic carbocycles. The Bertz CT molecular complexity index is 2790. The van der Waals surface area contributed by atoms with Crippen LogP contribution in [0.4, 0.5) is 11.4 Å². The van der Waals surface area contributed by atoms with Crippen LogP contribution in [0.5, 0.6) is 23.0 Å². The third-order valence-electron chi connectivity index (χ3n) is 15.0. The molecule has 1 amide bonds. The summed E-state index contributed by atoms with van der Waals surface area (Å²) >= 11 is 0. The molecule has 2 aromatic heterocycles. The first-order chi connectivity index (χ1) is 32.1. The number of nitrogens with one attached hydrogen (secondary N) is 2. The average molecular weight is 935 g/mol. The maximum Gasteiger partial charge on any atom is 0.316 e. The number of morpholine rings is 1. The van der Waals surface area contributed by atoms with Gasteiger partial charge in [-0.05, 0) is 111 Å². The molecule has 3 aliphatic heterocycles. The first-order valence-electron chi connectivity index (χ1n) is 23.5.